The third kappa shape index (κ3) is 3.92. The number of hydrogen-bond donors (Lipinski definition) is 0. The van der Waals surface area contributed by atoms with Gasteiger partial charge in [-0.2, -0.15) is 0 Å². The van der Waals surface area contributed by atoms with Crippen molar-refractivity contribution in [3.05, 3.63) is 29.6 Å². The Morgan fingerprint density at radius 1 is 1.13 bits per heavy atom. The summed E-state index contributed by atoms with van der Waals surface area (Å²) < 4.78 is 14.0. The lowest BCUT2D eigenvalue weighted by Gasteiger charge is -2.38. The number of ketones is 1. The van der Waals surface area contributed by atoms with Gasteiger partial charge in [0.2, 0.25) is 0 Å². The van der Waals surface area contributed by atoms with Crippen LogP contribution >= 0.6 is 0 Å². The van der Waals surface area contributed by atoms with Crippen molar-refractivity contribution < 1.29 is 9.18 Å². The number of rotatable bonds is 4. The first-order chi connectivity index (χ1) is 11.1. The quantitative estimate of drug-likeness (QED) is 0.790. The number of nitrogens with zero attached hydrogens (tertiary/aromatic N) is 2. The van der Waals surface area contributed by atoms with Crippen LogP contribution in [0.25, 0.3) is 0 Å². The van der Waals surface area contributed by atoms with Gasteiger partial charge in [-0.05, 0) is 37.8 Å². The molecule has 2 aliphatic rings. The SMILES string of the molecule is CC(=O)c1c(F)cccc1N1CCN(CC2CCCCC2)CC1. The second-order valence-corrected chi connectivity index (χ2v) is 6.98. The molecule has 126 valence electrons. The third-order valence-corrected chi connectivity index (χ3v) is 5.30. The van der Waals surface area contributed by atoms with Crippen LogP contribution in [0.3, 0.4) is 0 Å². The van der Waals surface area contributed by atoms with Gasteiger partial charge in [-0.3, -0.25) is 9.69 Å². The first-order valence-electron chi connectivity index (χ1n) is 8.92. The van der Waals surface area contributed by atoms with Crippen LogP contribution in [0.4, 0.5) is 10.1 Å². The fourth-order valence-electron chi connectivity index (χ4n) is 4.03. The molecule has 23 heavy (non-hydrogen) atoms. The van der Waals surface area contributed by atoms with E-state index in [0.29, 0.717) is 0 Å². The predicted octanol–water partition coefficient (Wildman–Crippen LogP) is 3.73. The van der Waals surface area contributed by atoms with Gasteiger partial charge >= 0.3 is 0 Å². The van der Waals surface area contributed by atoms with E-state index in [-0.39, 0.29) is 11.3 Å². The van der Waals surface area contributed by atoms with E-state index in [1.807, 2.05) is 6.07 Å². The number of hydrogen-bond acceptors (Lipinski definition) is 3. The zero-order valence-corrected chi connectivity index (χ0v) is 14.1. The van der Waals surface area contributed by atoms with Crippen molar-refractivity contribution in [1.82, 2.24) is 4.90 Å². The van der Waals surface area contributed by atoms with Gasteiger partial charge in [-0.15, -0.1) is 0 Å². The molecule has 0 unspecified atom stereocenters. The van der Waals surface area contributed by atoms with Gasteiger partial charge in [0.1, 0.15) is 5.82 Å². The Morgan fingerprint density at radius 2 is 1.83 bits per heavy atom. The Hall–Kier alpha value is -1.42. The molecule has 0 amide bonds. The summed E-state index contributed by atoms with van der Waals surface area (Å²) in [6.45, 7) is 6.40. The van der Waals surface area contributed by atoms with Crippen LogP contribution in [-0.4, -0.2) is 43.4 Å². The summed E-state index contributed by atoms with van der Waals surface area (Å²) in [5.74, 6) is 0.264. The van der Waals surface area contributed by atoms with Crippen LogP contribution < -0.4 is 4.90 Å². The third-order valence-electron chi connectivity index (χ3n) is 5.30. The second kappa shape index (κ2) is 7.43. The Bertz CT molecular complexity index is 546. The molecule has 0 spiro atoms. The maximum absolute atomic E-state index is 14.0. The van der Waals surface area contributed by atoms with Crippen LogP contribution in [-0.2, 0) is 0 Å². The lowest BCUT2D eigenvalue weighted by atomic mass is 9.89. The molecule has 3 rings (SSSR count). The number of benzene rings is 1. The fourth-order valence-corrected chi connectivity index (χ4v) is 4.03. The highest BCUT2D eigenvalue weighted by molar-refractivity contribution is 6.00. The summed E-state index contributed by atoms with van der Waals surface area (Å²) in [6, 6.07) is 4.95. The largest absolute Gasteiger partial charge is 0.368 e. The van der Waals surface area contributed by atoms with E-state index < -0.39 is 5.82 Å². The summed E-state index contributed by atoms with van der Waals surface area (Å²) in [4.78, 5) is 16.5. The molecule has 1 saturated carbocycles. The van der Waals surface area contributed by atoms with Gasteiger partial charge in [0.05, 0.1) is 11.3 Å². The van der Waals surface area contributed by atoms with Gasteiger partial charge in [-0.25, -0.2) is 4.39 Å². The predicted molar refractivity (Wildman–Crippen MR) is 91.6 cm³/mol. The van der Waals surface area contributed by atoms with Crippen LogP contribution in [0, 0.1) is 11.7 Å². The molecule has 0 bridgehead atoms. The zero-order chi connectivity index (χ0) is 16.2. The lowest BCUT2D eigenvalue weighted by Crippen LogP contribution is -2.48. The van der Waals surface area contributed by atoms with Crippen LogP contribution in [0.15, 0.2) is 18.2 Å². The highest BCUT2D eigenvalue weighted by Crippen LogP contribution is 2.27. The second-order valence-electron chi connectivity index (χ2n) is 6.98. The summed E-state index contributed by atoms with van der Waals surface area (Å²) in [6.07, 6.45) is 6.92. The molecule has 1 aromatic carbocycles. The van der Waals surface area contributed by atoms with Crippen molar-refractivity contribution in [3.8, 4) is 0 Å². The minimum atomic E-state index is -0.403. The number of carbonyl (C=O) groups excluding carboxylic acids is 1. The van der Waals surface area contributed by atoms with Gasteiger partial charge in [0.15, 0.2) is 5.78 Å². The lowest BCUT2D eigenvalue weighted by molar-refractivity contribution is 0.101. The van der Waals surface area contributed by atoms with E-state index in [4.69, 9.17) is 0 Å². The molecule has 4 heteroatoms. The summed E-state index contributed by atoms with van der Waals surface area (Å²) in [5.41, 5.74) is 1.00. The number of piperazine rings is 1. The van der Waals surface area contributed by atoms with E-state index in [1.165, 1.54) is 51.6 Å². The van der Waals surface area contributed by atoms with Gasteiger partial charge in [-0.1, -0.05) is 25.3 Å². The molecule has 3 nitrogen and oxygen atoms in total. The minimum absolute atomic E-state index is 0.192. The van der Waals surface area contributed by atoms with Crippen molar-refractivity contribution in [2.45, 2.75) is 39.0 Å². The first kappa shape index (κ1) is 16.4. The minimum Gasteiger partial charge on any atom is -0.368 e. The molecular formula is C19H27FN2O. The van der Waals surface area contributed by atoms with E-state index in [0.717, 1.165) is 37.8 Å². The molecule has 0 aromatic heterocycles. The molecule has 1 aromatic rings. The topological polar surface area (TPSA) is 23.6 Å². The van der Waals surface area contributed by atoms with E-state index in [9.17, 15) is 9.18 Å². The molecule has 0 atom stereocenters. The Morgan fingerprint density at radius 3 is 2.48 bits per heavy atom. The van der Waals surface area contributed by atoms with E-state index >= 15 is 0 Å². The van der Waals surface area contributed by atoms with Gasteiger partial charge < -0.3 is 4.90 Å². The van der Waals surface area contributed by atoms with Crippen molar-refractivity contribution in [2.24, 2.45) is 5.92 Å². The summed E-state index contributed by atoms with van der Waals surface area (Å²) in [7, 11) is 0. The van der Waals surface area contributed by atoms with Crippen molar-refractivity contribution >= 4 is 11.5 Å². The highest BCUT2D eigenvalue weighted by atomic mass is 19.1. The number of Topliss-reactive ketones (excluding diaryl/α,β-unsaturated/α-hetero) is 1. The number of anilines is 1. The molecule has 1 aliphatic carbocycles. The summed E-state index contributed by atoms with van der Waals surface area (Å²) >= 11 is 0. The average Bonchev–Trinajstić information content (AvgIpc) is 2.56. The molecule has 0 N–H and O–H groups in total. The Labute approximate surface area is 138 Å². The molecule has 0 radical (unpaired) electrons. The fraction of sp³-hybridized carbons (Fsp3) is 0.632. The first-order valence-corrected chi connectivity index (χ1v) is 8.92. The Balaban J connectivity index is 1.61. The van der Waals surface area contributed by atoms with Crippen LogP contribution in [0.1, 0.15) is 49.4 Å². The van der Waals surface area contributed by atoms with Crippen LogP contribution in [0.2, 0.25) is 0 Å². The molecule has 1 saturated heterocycles. The average molecular weight is 318 g/mol. The van der Waals surface area contributed by atoms with Crippen LogP contribution in [0.5, 0.6) is 0 Å². The Kier molecular flexibility index (Phi) is 5.31. The van der Waals surface area contributed by atoms with Crippen molar-refractivity contribution in [2.75, 3.05) is 37.6 Å². The maximum Gasteiger partial charge on any atom is 0.164 e. The standard InChI is InChI=1S/C19H27FN2O/c1-15(23)19-17(20)8-5-9-18(19)22-12-10-21(11-13-22)14-16-6-3-2-4-7-16/h5,8-9,16H,2-4,6-7,10-14H2,1H3. The molecule has 1 heterocycles. The van der Waals surface area contributed by atoms with Gasteiger partial charge in [0.25, 0.3) is 0 Å². The summed E-state index contributed by atoms with van der Waals surface area (Å²) in [5, 5.41) is 0. The highest BCUT2D eigenvalue weighted by Gasteiger charge is 2.24. The van der Waals surface area contributed by atoms with E-state index in [2.05, 4.69) is 9.80 Å². The number of halogens is 1. The van der Waals surface area contributed by atoms with Gasteiger partial charge in [0, 0.05) is 32.7 Å². The maximum atomic E-state index is 14.0. The molecule has 2 fully saturated rings. The van der Waals surface area contributed by atoms with E-state index in [1.54, 1.807) is 6.07 Å². The monoisotopic (exact) mass is 318 g/mol. The molecule has 1 aliphatic heterocycles. The van der Waals surface area contributed by atoms with Crippen molar-refractivity contribution in [1.29, 1.82) is 0 Å². The number of carbonyl (C=O) groups is 1. The smallest absolute Gasteiger partial charge is 0.164 e. The normalized spacial score (nSPS) is 20.7. The zero-order valence-electron chi connectivity index (χ0n) is 14.1. The van der Waals surface area contributed by atoms with Crippen molar-refractivity contribution in [3.63, 3.8) is 0 Å². The molecular weight excluding hydrogens is 291 g/mol.